The van der Waals surface area contributed by atoms with Gasteiger partial charge in [0.25, 0.3) is 5.91 Å². The third kappa shape index (κ3) is 4.02. The second kappa shape index (κ2) is 8.08. The lowest BCUT2D eigenvalue weighted by Crippen LogP contribution is -2.39. The number of hydrogen-bond donors (Lipinski definition) is 0. The van der Waals surface area contributed by atoms with Gasteiger partial charge in [-0.3, -0.25) is 4.79 Å². The molecule has 2 atom stereocenters. The first-order valence-corrected chi connectivity index (χ1v) is 10.1. The van der Waals surface area contributed by atoms with Crippen LogP contribution in [0.5, 0.6) is 0 Å². The summed E-state index contributed by atoms with van der Waals surface area (Å²) in [4.78, 5) is 20.1. The number of carbonyl (C=O) groups is 1. The first-order valence-electron chi connectivity index (χ1n) is 10.1. The third-order valence-electron chi connectivity index (χ3n) is 6.05. The van der Waals surface area contributed by atoms with Crippen LogP contribution >= 0.6 is 0 Å². The lowest BCUT2D eigenvalue weighted by Gasteiger charge is -2.32. The van der Waals surface area contributed by atoms with Crippen molar-refractivity contribution in [1.29, 1.82) is 5.26 Å². The van der Waals surface area contributed by atoms with E-state index in [1.54, 1.807) is 13.1 Å². The molecule has 4 rings (SSSR count). The van der Waals surface area contributed by atoms with Crippen molar-refractivity contribution < 1.29 is 9.63 Å². The molecule has 0 aliphatic carbocycles. The number of amides is 1. The van der Waals surface area contributed by atoms with Crippen molar-refractivity contribution in [2.24, 2.45) is 11.1 Å². The lowest BCUT2D eigenvalue weighted by atomic mass is 9.85. The van der Waals surface area contributed by atoms with Crippen LogP contribution in [-0.4, -0.2) is 35.7 Å². The number of benzene rings is 2. The minimum atomic E-state index is -0.994. The molecular formula is C24H25N3O2. The van der Waals surface area contributed by atoms with Gasteiger partial charge in [-0.2, -0.15) is 5.26 Å². The quantitative estimate of drug-likeness (QED) is 0.791. The summed E-state index contributed by atoms with van der Waals surface area (Å²) in [5.41, 5.74) is 1.99. The third-order valence-corrected chi connectivity index (χ3v) is 6.05. The SMILES string of the molecule is CC1(C#N)ON=CC1c1ccc(C(=O)N2CCC(Cc3ccccc3)CC2)cc1. The van der Waals surface area contributed by atoms with E-state index in [-0.39, 0.29) is 11.8 Å². The van der Waals surface area contributed by atoms with Crippen LogP contribution in [0.1, 0.15) is 47.2 Å². The van der Waals surface area contributed by atoms with Crippen LogP contribution in [0.3, 0.4) is 0 Å². The van der Waals surface area contributed by atoms with Crippen LogP contribution in [0.25, 0.3) is 0 Å². The fraction of sp³-hybridized carbons (Fsp3) is 0.375. The van der Waals surface area contributed by atoms with Crippen molar-refractivity contribution >= 4 is 12.1 Å². The van der Waals surface area contributed by atoms with E-state index in [1.165, 1.54) is 5.56 Å². The van der Waals surface area contributed by atoms with Gasteiger partial charge in [-0.05, 0) is 55.4 Å². The summed E-state index contributed by atoms with van der Waals surface area (Å²) >= 11 is 0. The standard InChI is InChI=1S/C24H25N3O2/c1-24(17-25)22(16-26-29-24)20-7-9-21(10-8-20)23(28)27-13-11-19(12-14-27)15-18-5-3-2-4-6-18/h2-10,16,19,22H,11-15H2,1H3. The molecule has 2 heterocycles. The summed E-state index contributed by atoms with van der Waals surface area (Å²) in [6.07, 6.45) is 4.81. The van der Waals surface area contributed by atoms with E-state index in [9.17, 15) is 10.1 Å². The topological polar surface area (TPSA) is 65.7 Å². The van der Waals surface area contributed by atoms with Gasteiger partial charge in [0.2, 0.25) is 5.60 Å². The summed E-state index contributed by atoms with van der Waals surface area (Å²) in [6, 6.07) is 20.2. The number of hydrogen-bond acceptors (Lipinski definition) is 4. The van der Waals surface area contributed by atoms with Crippen LogP contribution in [0, 0.1) is 17.2 Å². The molecule has 2 aliphatic rings. The van der Waals surface area contributed by atoms with Crippen molar-refractivity contribution in [1.82, 2.24) is 4.90 Å². The molecule has 29 heavy (non-hydrogen) atoms. The molecule has 2 aromatic carbocycles. The van der Waals surface area contributed by atoms with Crippen molar-refractivity contribution in [3.05, 3.63) is 71.3 Å². The zero-order valence-electron chi connectivity index (χ0n) is 16.6. The van der Waals surface area contributed by atoms with E-state index < -0.39 is 5.60 Å². The Hall–Kier alpha value is -3.13. The van der Waals surface area contributed by atoms with Crippen LogP contribution in [0.4, 0.5) is 0 Å². The van der Waals surface area contributed by atoms with E-state index >= 15 is 0 Å². The number of piperidine rings is 1. The maximum Gasteiger partial charge on any atom is 0.253 e. The molecule has 1 saturated heterocycles. The molecule has 148 valence electrons. The Kier molecular flexibility index (Phi) is 5.35. The molecule has 1 fully saturated rings. The Bertz CT molecular complexity index is 925. The van der Waals surface area contributed by atoms with Gasteiger partial charge < -0.3 is 9.74 Å². The average Bonchev–Trinajstić information content (AvgIpc) is 3.17. The summed E-state index contributed by atoms with van der Waals surface area (Å²) < 4.78 is 0. The molecule has 1 amide bonds. The van der Waals surface area contributed by atoms with E-state index in [4.69, 9.17) is 4.84 Å². The second-order valence-electron chi connectivity index (χ2n) is 8.09. The molecular weight excluding hydrogens is 362 g/mol. The average molecular weight is 387 g/mol. The van der Waals surface area contributed by atoms with E-state index in [0.29, 0.717) is 11.5 Å². The number of oxime groups is 1. The predicted molar refractivity (Wildman–Crippen MR) is 112 cm³/mol. The highest BCUT2D eigenvalue weighted by molar-refractivity contribution is 5.94. The lowest BCUT2D eigenvalue weighted by molar-refractivity contribution is 0.0324. The van der Waals surface area contributed by atoms with E-state index in [1.807, 2.05) is 35.2 Å². The first-order chi connectivity index (χ1) is 14.1. The van der Waals surface area contributed by atoms with Crippen LogP contribution in [0.2, 0.25) is 0 Å². The smallest absolute Gasteiger partial charge is 0.253 e. The minimum absolute atomic E-state index is 0.0779. The summed E-state index contributed by atoms with van der Waals surface area (Å²) in [6.45, 7) is 3.32. The predicted octanol–water partition coefficient (Wildman–Crippen LogP) is 4.16. The molecule has 5 nitrogen and oxygen atoms in total. The molecule has 2 aliphatic heterocycles. The Morgan fingerprint density at radius 1 is 1.17 bits per heavy atom. The Balaban J connectivity index is 1.36. The van der Waals surface area contributed by atoms with Gasteiger partial charge in [0.15, 0.2) is 0 Å². The van der Waals surface area contributed by atoms with Gasteiger partial charge in [-0.1, -0.05) is 47.6 Å². The van der Waals surface area contributed by atoms with E-state index in [0.717, 1.165) is 37.9 Å². The Morgan fingerprint density at radius 3 is 2.52 bits per heavy atom. The number of nitrogens with zero attached hydrogens (tertiary/aromatic N) is 3. The van der Waals surface area contributed by atoms with Crippen molar-refractivity contribution in [3.63, 3.8) is 0 Å². The minimum Gasteiger partial charge on any atom is -0.373 e. The van der Waals surface area contributed by atoms with Crippen molar-refractivity contribution in [2.45, 2.75) is 37.7 Å². The molecule has 0 aromatic heterocycles. The van der Waals surface area contributed by atoms with Crippen LogP contribution in [0.15, 0.2) is 59.8 Å². The zero-order valence-corrected chi connectivity index (χ0v) is 16.6. The Labute approximate surface area is 171 Å². The van der Waals surface area contributed by atoms with Gasteiger partial charge in [-0.15, -0.1) is 0 Å². The highest BCUT2D eigenvalue weighted by Gasteiger charge is 2.41. The second-order valence-corrected chi connectivity index (χ2v) is 8.09. The normalized spacial score (nSPS) is 24.1. The summed E-state index contributed by atoms with van der Waals surface area (Å²) in [7, 11) is 0. The van der Waals surface area contributed by atoms with Crippen LogP contribution in [-0.2, 0) is 11.3 Å². The fourth-order valence-electron chi connectivity index (χ4n) is 4.20. The largest absolute Gasteiger partial charge is 0.373 e. The molecule has 0 bridgehead atoms. The monoisotopic (exact) mass is 387 g/mol. The fourth-order valence-corrected chi connectivity index (χ4v) is 4.20. The molecule has 2 aromatic rings. The maximum absolute atomic E-state index is 12.9. The van der Waals surface area contributed by atoms with Crippen LogP contribution < -0.4 is 0 Å². The summed E-state index contributed by atoms with van der Waals surface area (Å²) in [5, 5.41) is 13.2. The number of likely N-dealkylation sites (tertiary alicyclic amines) is 1. The summed E-state index contributed by atoms with van der Waals surface area (Å²) in [5.74, 6) is 0.480. The van der Waals surface area contributed by atoms with Crippen molar-refractivity contribution in [3.8, 4) is 6.07 Å². The first kappa shape index (κ1) is 19.2. The maximum atomic E-state index is 12.9. The zero-order chi connectivity index (χ0) is 20.3. The highest BCUT2D eigenvalue weighted by atomic mass is 16.7. The van der Waals surface area contributed by atoms with Gasteiger partial charge in [0.1, 0.15) is 6.07 Å². The number of carbonyl (C=O) groups excluding carboxylic acids is 1. The van der Waals surface area contributed by atoms with Gasteiger partial charge in [0.05, 0.1) is 12.1 Å². The Morgan fingerprint density at radius 2 is 1.86 bits per heavy atom. The van der Waals surface area contributed by atoms with Gasteiger partial charge in [-0.25, -0.2) is 0 Å². The molecule has 0 N–H and O–H groups in total. The van der Waals surface area contributed by atoms with Crippen molar-refractivity contribution in [2.75, 3.05) is 13.1 Å². The molecule has 0 spiro atoms. The molecule has 2 unspecified atom stereocenters. The molecule has 0 radical (unpaired) electrons. The van der Waals surface area contributed by atoms with E-state index in [2.05, 4.69) is 35.5 Å². The van der Waals surface area contributed by atoms with Gasteiger partial charge >= 0.3 is 0 Å². The molecule has 5 heteroatoms. The highest BCUT2D eigenvalue weighted by Crippen LogP contribution is 2.34. The van der Waals surface area contributed by atoms with Gasteiger partial charge in [0, 0.05) is 18.7 Å². The number of rotatable bonds is 4. The number of nitriles is 1. The molecule has 0 saturated carbocycles.